The van der Waals surface area contributed by atoms with Crippen molar-refractivity contribution in [2.45, 2.75) is 46.3 Å². The number of nitrogens with zero attached hydrogens (tertiary/aromatic N) is 2. The molecule has 0 heterocycles. The van der Waals surface area contributed by atoms with Crippen LogP contribution in [-0.4, -0.2) is 36.7 Å². The van der Waals surface area contributed by atoms with Crippen molar-refractivity contribution in [2.75, 3.05) is 18.1 Å². The molecule has 0 aromatic heterocycles. The Kier molecular flexibility index (Phi) is 9.46. The zero-order valence-electron chi connectivity index (χ0n) is 19.7. The highest BCUT2D eigenvalue weighted by Crippen LogP contribution is 2.23. The fourth-order valence-electron chi connectivity index (χ4n) is 2.89. The maximum absolute atomic E-state index is 12.7. The maximum atomic E-state index is 12.7. The van der Waals surface area contributed by atoms with Gasteiger partial charge in [-0.2, -0.15) is 5.26 Å². The Balaban J connectivity index is 1.95. The average molecular weight is 486 g/mol. The molecule has 0 spiro atoms. The van der Waals surface area contributed by atoms with E-state index in [4.69, 9.17) is 26.3 Å². The number of benzene rings is 2. The van der Waals surface area contributed by atoms with E-state index in [0.717, 1.165) is 11.1 Å². The van der Waals surface area contributed by atoms with Gasteiger partial charge in [-0.3, -0.25) is 4.79 Å². The minimum absolute atomic E-state index is 0.125. The van der Waals surface area contributed by atoms with E-state index < -0.39 is 30.2 Å². The molecule has 34 heavy (non-hydrogen) atoms. The summed E-state index contributed by atoms with van der Waals surface area (Å²) in [6.45, 7) is 7.05. The van der Waals surface area contributed by atoms with Gasteiger partial charge in [-0.05, 0) is 69.2 Å². The van der Waals surface area contributed by atoms with Crippen LogP contribution in [-0.2, 0) is 20.8 Å². The predicted octanol–water partition coefficient (Wildman–Crippen LogP) is 4.78. The van der Waals surface area contributed by atoms with Gasteiger partial charge in [0.2, 0.25) is 0 Å². The molecule has 2 amide bonds. The second-order valence-corrected chi connectivity index (χ2v) is 8.92. The minimum Gasteiger partial charge on any atom is -0.452 e. The van der Waals surface area contributed by atoms with Gasteiger partial charge >= 0.3 is 12.1 Å². The number of anilines is 1. The number of alkyl carbamates (subject to hydrolysis) is 1. The molecule has 0 aliphatic rings. The van der Waals surface area contributed by atoms with Crippen molar-refractivity contribution in [1.82, 2.24) is 5.32 Å². The van der Waals surface area contributed by atoms with Gasteiger partial charge in [0.25, 0.3) is 5.91 Å². The number of halogens is 1. The number of carbonyl (C=O) groups excluding carboxylic acids is 3. The number of aryl methyl sites for hydroxylation is 1. The van der Waals surface area contributed by atoms with Gasteiger partial charge in [0.15, 0.2) is 6.61 Å². The molecular formula is C25H28ClN3O5. The molecule has 0 atom stereocenters. The molecule has 2 rings (SSSR count). The first-order valence-electron chi connectivity index (χ1n) is 10.7. The third-order valence-electron chi connectivity index (χ3n) is 4.55. The monoisotopic (exact) mass is 485 g/mol. The number of nitrogens with one attached hydrogen (secondary N) is 1. The smallest absolute Gasteiger partial charge is 0.407 e. The van der Waals surface area contributed by atoms with E-state index in [-0.39, 0.29) is 25.1 Å². The van der Waals surface area contributed by atoms with E-state index in [0.29, 0.717) is 10.7 Å². The lowest BCUT2D eigenvalue weighted by atomic mass is 10.1. The lowest BCUT2D eigenvalue weighted by Gasteiger charge is -2.22. The SMILES string of the molecule is Cc1cc(N(CCC#N)C(=O)COC(=O)c2ccc(CNC(=O)OC(C)(C)C)cc2)ccc1Cl. The quantitative estimate of drug-likeness (QED) is 0.539. The number of carbonyl (C=O) groups is 3. The summed E-state index contributed by atoms with van der Waals surface area (Å²) in [5.41, 5.74) is 1.79. The summed E-state index contributed by atoms with van der Waals surface area (Å²) in [5.74, 6) is -1.11. The van der Waals surface area contributed by atoms with Gasteiger partial charge in [-0.15, -0.1) is 0 Å². The molecule has 0 aliphatic heterocycles. The van der Waals surface area contributed by atoms with E-state index in [1.54, 1.807) is 63.2 Å². The zero-order valence-corrected chi connectivity index (χ0v) is 20.4. The van der Waals surface area contributed by atoms with Gasteiger partial charge in [0, 0.05) is 23.8 Å². The number of amides is 2. The van der Waals surface area contributed by atoms with Crippen LogP contribution in [0.3, 0.4) is 0 Å². The Morgan fingerprint density at radius 1 is 1.12 bits per heavy atom. The second-order valence-electron chi connectivity index (χ2n) is 8.52. The highest BCUT2D eigenvalue weighted by atomic mass is 35.5. The van der Waals surface area contributed by atoms with Gasteiger partial charge in [0.1, 0.15) is 5.60 Å². The summed E-state index contributed by atoms with van der Waals surface area (Å²) in [5, 5.41) is 12.1. The Morgan fingerprint density at radius 2 is 1.79 bits per heavy atom. The molecule has 9 heteroatoms. The van der Waals surface area contributed by atoms with Crippen LogP contribution >= 0.6 is 11.6 Å². The average Bonchev–Trinajstić information content (AvgIpc) is 2.77. The van der Waals surface area contributed by atoms with Gasteiger partial charge in [-0.1, -0.05) is 23.7 Å². The first kappa shape index (κ1) is 26.7. The molecule has 8 nitrogen and oxygen atoms in total. The van der Waals surface area contributed by atoms with Crippen LogP contribution in [0.5, 0.6) is 0 Å². The van der Waals surface area contributed by atoms with E-state index in [1.807, 2.05) is 13.0 Å². The Labute approximate surface area is 204 Å². The lowest BCUT2D eigenvalue weighted by molar-refractivity contribution is -0.121. The molecule has 0 aliphatic carbocycles. The number of nitriles is 1. The fraction of sp³-hybridized carbons (Fsp3) is 0.360. The zero-order chi connectivity index (χ0) is 25.3. The number of esters is 1. The normalized spacial score (nSPS) is 10.7. The summed E-state index contributed by atoms with van der Waals surface area (Å²) in [6, 6.07) is 13.5. The molecule has 1 N–H and O–H groups in total. The summed E-state index contributed by atoms with van der Waals surface area (Å²) in [6.07, 6.45) is -0.411. The van der Waals surface area contributed by atoms with Crippen LogP contribution in [0.15, 0.2) is 42.5 Å². The van der Waals surface area contributed by atoms with Crippen molar-refractivity contribution in [3.63, 3.8) is 0 Å². The highest BCUT2D eigenvalue weighted by molar-refractivity contribution is 6.31. The summed E-state index contributed by atoms with van der Waals surface area (Å²) < 4.78 is 10.4. The van der Waals surface area contributed by atoms with Crippen molar-refractivity contribution in [2.24, 2.45) is 0 Å². The Morgan fingerprint density at radius 3 is 2.38 bits per heavy atom. The summed E-state index contributed by atoms with van der Waals surface area (Å²) in [4.78, 5) is 38.3. The topological polar surface area (TPSA) is 109 Å². The summed E-state index contributed by atoms with van der Waals surface area (Å²) >= 11 is 6.06. The fourth-order valence-corrected chi connectivity index (χ4v) is 3.01. The maximum Gasteiger partial charge on any atom is 0.407 e. The van der Waals surface area contributed by atoms with Gasteiger partial charge < -0.3 is 19.7 Å². The molecule has 0 fully saturated rings. The van der Waals surface area contributed by atoms with Crippen LogP contribution in [0.1, 0.15) is 48.7 Å². The van der Waals surface area contributed by atoms with E-state index in [2.05, 4.69) is 5.32 Å². The molecule has 180 valence electrons. The predicted molar refractivity (Wildman–Crippen MR) is 129 cm³/mol. The number of hydrogen-bond donors (Lipinski definition) is 1. The van der Waals surface area contributed by atoms with Gasteiger partial charge in [0.05, 0.1) is 18.1 Å². The number of ether oxygens (including phenoxy) is 2. The van der Waals surface area contributed by atoms with Crippen molar-refractivity contribution < 1.29 is 23.9 Å². The second kappa shape index (κ2) is 12.1. The van der Waals surface area contributed by atoms with Crippen LogP contribution in [0.2, 0.25) is 5.02 Å². The van der Waals surface area contributed by atoms with Crippen LogP contribution in [0.4, 0.5) is 10.5 Å². The Bertz CT molecular complexity index is 1070. The third-order valence-corrected chi connectivity index (χ3v) is 4.98. The van der Waals surface area contributed by atoms with Crippen molar-refractivity contribution >= 4 is 35.3 Å². The van der Waals surface area contributed by atoms with E-state index in [1.165, 1.54) is 4.90 Å². The first-order chi connectivity index (χ1) is 16.0. The van der Waals surface area contributed by atoms with Gasteiger partial charge in [-0.25, -0.2) is 9.59 Å². The number of rotatable bonds is 8. The molecule has 2 aromatic rings. The first-order valence-corrected chi connectivity index (χ1v) is 11.0. The standard InChI is InChI=1S/C25H28ClN3O5/c1-17-14-20(10-11-21(17)26)29(13-5-12-27)22(30)16-33-23(31)19-8-6-18(7-9-19)15-28-24(32)34-25(2,3)4/h6-11,14H,5,13,15-16H2,1-4H3,(H,28,32). The summed E-state index contributed by atoms with van der Waals surface area (Å²) in [7, 11) is 0. The molecule has 0 unspecified atom stereocenters. The lowest BCUT2D eigenvalue weighted by Crippen LogP contribution is -2.35. The van der Waals surface area contributed by atoms with Crippen LogP contribution < -0.4 is 10.2 Å². The number of hydrogen-bond acceptors (Lipinski definition) is 6. The Hall–Kier alpha value is -3.57. The molecule has 2 aromatic carbocycles. The third kappa shape index (κ3) is 8.41. The van der Waals surface area contributed by atoms with Crippen molar-refractivity contribution in [3.8, 4) is 6.07 Å². The largest absolute Gasteiger partial charge is 0.452 e. The van der Waals surface area contributed by atoms with Crippen molar-refractivity contribution in [1.29, 1.82) is 5.26 Å². The van der Waals surface area contributed by atoms with Crippen LogP contribution in [0.25, 0.3) is 0 Å². The molecule has 0 radical (unpaired) electrons. The van der Waals surface area contributed by atoms with Crippen molar-refractivity contribution in [3.05, 3.63) is 64.2 Å². The molecule has 0 saturated heterocycles. The van der Waals surface area contributed by atoms with Crippen LogP contribution in [0, 0.1) is 18.3 Å². The van der Waals surface area contributed by atoms with E-state index >= 15 is 0 Å². The van der Waals surface area contributed by atoms with E-state index in [9.17, 15) is 14.4 Å². The molecule has 0 bridgehead atoms. The molecular weight excluding hydrogens is 458 g/mol. The highest BCUT2D eigenvalue weighted by Gasteiger charge is 2.19. The molecule has 0 saturated carbocycles. The minimum atomic E-state index is -0.660.